The lowest BCUT2D eigenvalue weighted by atomic mass is 9.95. The number of nitrogens with zero attached hydrogens (tertiary/aromatic N) is 5. The third-order valence-corrected chi connectivity index (χ3v) is 6.28. The van der Waals surface area contributed by atoms with E-state index in [-0.39, 0.29) is 0 Å². The first-order valence-corrected chi connectivity index (χ1v) is 10.8. The molecule has 31 heavy (non-hydrogen) atoms. The summed E-state index contributed by atoms with van der Waals surface area (Å²) in [7, 11) is 0. The minimum Gasteiger partial charge on any atom is -0.489 e. The van der Waals surface area contributed by atoms with E-state index in [1.807, 2.05) is 30.5 Å². The van der Waals surface area contributed by atoms with Crippen LogP contribution in [0.15, 0.2) is 41.5 Å². The van der Waals surface area contributed by atoms with Crippen LogP contribution in [0.1, 0.15) is 25.0 Å². The van der Waals surface area contributed by atoms with Crippen molar-refractivity contribution < 1.29 is 9.47 Å². The predicted molar refractivity (Wildman–Crippen MR) is 117 cm³/mol. The summed E-state index contributed by atoms with van der Waals surface area (Å²) in [5.74, 6) is 2.64. The molecule has 6 rings (SSSR count). The van der Waals surface area contributed by atoms with Crippen molar-refractivity contribution in [2.24, 2.45) is 10.7 Å². The monoisotopic (exact) mass is 419 g/mol. The smallest absolute Gasteiger partial charge is 0.212 e. The summed E-state index contributed by atoms with van der Waals surface area (Å²) in [6, 6.07) is 10.0. The minimum absolute atomic E-state index is 0.412. The number of benzene rings is 1. The van der Waals surface area contributed by atoms with E-state index in [1.54, 1.807) is 0 Å². The number of hydrogen-bond donors (Lipinski definition) is 2. The molecule has 1 aromatic carbocycles. The Morgan fingerprint density at radius 1 is 1.10 bits per heavy atom. The average Bonchev–Trinajstić information content (AvgIpc) is 2.97. The van der Waals surface area contributed by atoms with Crippen LogP contribution >= 0.6 is 0 Å². The van der Waals surface area contributed by atoms with E-state index >= 15 is 0 Å². The SMILES string of the molecule is NC1=NC2(CCN(Cc3ccccn3)CC2)n2c(nc3cc4c(cc32)OCCCO4)N1. The Balaban J connectivity index is 1.35. The van der Waals surface area contributed by atoms with E-state index in [2.05, 4.69) is 25.8 Å². The van der Waals surface area contributed by atoms with E-state index in [0.29, 0.717) is 19.2 Å². The molecule has 5 heterocycles. The quantitative estimate of drug-likeness (QED) is 0.657. The van der Waals surface area contributed by atoms with Crippen LogP contribution in [-0.4, -0.2) is 51.7 Å². The van der Waals surface area contributed by atoms with Crippen LogP contribution in [-0.2, 0) is 12.2 Å². The Morgan fingerprint density at radius 3 is 2.68 bits per heavy atom. The summed E-state index contributed by atoms with van der Waals surface area (Å²) in [5, 5.41) is 3.15. The highest BCUT2D eigenvalue weighted by atomic mass is 16.5. The van der Waals surface area contributed by atoms with Crippen molar-refractivity contribution >= 4 is 22.9 Å². The number of guanidine groups is 1. The van der Waals surface area contributed by atoms with Gasteiger partial charge >= 0.3 is 0 Å². The zero-order valence-electron chi connectivity index (χ0n) is 17.3. The highest BCUT2D eigenvalue weighted by Crippen LogP contribution is 2.43. The number of aromatic nitrogens is 3. The van der Waals surface area contributed by atoms with Gasteiger partial charge in [0.2, 0.25) is 5.95 Å². The normalized spacial score (nSPS) is 20.1. The lowest BCUT2D eigenvalue weighted by Crippen LogP contribution is -2.49. The van der Waals surface area contributed by atoms with Crippen molar-refractivity contribution in [2.75, 3.05) is 31.6 Å². The fourth-order valence-electron chi connectivity index (χ4n) is 4.78. The van der Waals surface area contributed by atoms with Gasteiger partial charge in [0, 0.05) is 57.2 Å². The lowest BCUT2D eigenvalue weighted by molar-refractivity contribution is 0.113. The Morgan fingerprint density at radius 2 is 1.90 bits per heavy atom. The first kappa shape index (κ1) is 18.4. The zero-order chi connectivity index (χ0) is 20.8. The average molecular weight is 419 g/mol. The van der Waals surface area contributed by atoms with E-state index in [1.165, 1.54) is 0 Å². The van der Waals surface area contributed by atoms with Crippen molar-refractivity contribution in [3.8, 4) is 11.5 Å². The van der Waals surface area contributed by atoms with Crippen LogP contribution in [0.2, 0.25) is 0 Å². The van der Waals surface area contributed by atoms with Gasteiger partial charge in [-0.05, 0) is 12.1 Å². The van der Waals surface area contributed by atoms with Crippen LogP contribution in [0.5, 0.6) is 11.5 Å². The van der Waals surface area contributed by atoms with Crippen LogP contribution in [0.25, 0.3) is 11.0 Å². The number of rotatable bonds is 2. The fraction of sp³-hybridized carbons (Fsp3) is 0.409. The number of fused-ring (bicyclic) bond motifs is 5. The van der Waals surface area contributed by atoms with Gasteiger partial charge < -0.3 is 15.2 Å². The lowest BCUT2D eigenvalue weighted by Gasteiger charge is -2.42. The van der Waals surface area contributed by atoms with Gasteiger partial charge in [-0.3, -0.25) is 19.8 Å². The highest BCUT2D eigenvalue weighted by molar-refractivity contribution is 5.95. The molecule has 0 unspecified atom stereocenters. The van der Waals surface area contributed by atoms with Gasteiger partial charge in [-0.1, -0.05) is 6.07 Å². The number of nitrogens with two attached hydrogens (primary N) is 1. The number of hydrogen-bond acceptors (Lipinski definition) is 8. The third kappa shape index (κ3) is 3.16. The van der Waals surface area contributed by atoms with Crippen LogP contribution in [0.3, 0.4) is 0 Å². The Labute approximate surface area is 179 Å². The molecular formula is C22H25N7O2. The van der Waals surface area contributed by atoms with Gasteiger partial charge in [-0.25, -0.2) is 9.98 Å². The van der Waals surface area contributed by atoms with Gasteiger partial charge in [-0.2, -0.15) is 0 Å². The van der Waals surface area contributed by atoms with Gasteiger partial charge in [0.05, 0.1) is 29.9 Å². The molecule has 2 aromatic heterocycles. The highest BCUT2D eigenvalue weighted by Gasteiger charge is 2.42. The summed E-state index contributed by atoms with van der Waals surface area (Å²) in [6.07, 6.45) is 4.40. The first-order valence-electron chi connectivity index (χ1n) is 10.8. The molecule has 160 valence electrons. The van der Waals surface area contributed by atoms with Crippen LogP contribution in [0, 0.1) is 0 Å². The van der Waals surface area contributed by atoms with Crippen molar-refractivity contribution in [2.45, 2.75) is 31.5 Å². The summed E-state index contributed by atoms with van der Waals surface area (Å²) in [4.78, 5) is 16.6. The number of anilines is 1. The van der Waals surface area contributed by atoms with E-state index in [9.17, 15) is 0 Å². The predicted octanol–water partition coefficient (Wildman–Crippen LogP) is 2.28. The summed E-state index contributed by atoms with van der Waals surface area (Å²) >= 11 is 0. The molecule has 9 nitrogen and oxygen atoms in total. The molecule has 9 heteroatoms. The third-order valence-electron chi connectivity index (χ3n) is 6.28. The number of imidazole rings is 1. The molecule has 1 saturated heterocycles. The van der Waals surface area contributed by atoms with Crippen LogP contribution in [0.4, 0.5) is 5.95 Å². The summed E-state index contributed by atoms with van der Waals surface area (Å²) in [6.45, 7) is 3.94. The maximum absolute atomic E-state index is 6.19. The molecule has 0 bridgehead atoms. The van der Waals surface area contributed by atoms with Gasteiger partial charge in [-0.15, -0.1) is 0 Å². The molecule has 1 spiro atoms. The van der Waals surface area contributed by atoms with Crippen molar-refractivity contribution in [1.82, 2.24) is 19.4 Å². The number of nitrogens with one attached hydrogen (secondary N) is 1. The molecule has 3 aliphatic rings. The summed E-state index contributed by atoms with van der Waals surface area (Å²) in [5.41, 5.74) is 8.66. The second-order valence-electron chi connectivity index (χ2n) is 8.31. The van der Waals surface area contributed by atoms with Gasteiger partial charge in [0.15, 0.2) is 17.5 Å². The minimum atomic E-state index is -0.458. The second-order valence-corrected chi connectivity index (χ2v) is 8.31. The second kappa shape index (κ2) is 7.12. The molecule has 3 N–H and O–H groups in total. The number of piperidine rings is 1. The van der Waals surface area contributed by atoms with E-state index in [0.717, 1.165) is 73.1 Å². The number of likely N-dealkylation sites (tertiary alicyclic amines) is 1. The first-order chi connectivity index (χ1) is 15.2. The molecule has 0 atom stereocenters. The molecule has 0 aliphatic carbocycles. The Bertz CT molecular complexity index is 1150. The van der Waals surface area contributed by atoms with Gasteiger partial charge in [0.1, 0.15) is 5.66 Å². The Hall–Kier alpha value is -3.33. The largest absolute Gasteiger partial charge is 0.489 e. The van der Waals surface area contributed by atoms with Crippen molar-refractivity contribution in [1.29, 1.82) is 0 Å². The molecule has 0 radical (unpaired) electrons. The molecule has 3 aliphatic heterocycles. The van der Waals surface area contributed by atoms with Crippen molar-refractivity contribution in [3.63, 3.8) is 0 Å². The van der Waals surface area contributed by atoms with Gasteiger partial charge in [0.25, 0.3) is 0 Å². The van der Waals surface area contributed by atoms with E-state index < -0.39 is 5.66 Å². The Kier molecular flexibility index (Phi) is 4.24. The number of aliphatic imine (C=N–C) groups is 1. The van der Waals surface area contributed by atoms with E-state index in [4.69, 9.17) is 25.2 Å². The van der Waals surface area contributed by atoms with Crippen molar-refractivity contribution in [3.05, 3.63) is 42.2 Å². The standard InChI is InChI=1S/C22H25N7O2/c23-20-26-21-25-16-12-18-19(31-11-3-10-30-18)13-17(16)29(21)22(27-20)5-8-28(9-6-22)14-15-4-1-2-7-24-15/h1-2,4,7,12-13H,3,5-6,8-11,14H2,(H3,23,25,26,27). The molecule has 1 fully saturated rings. The summed E-state index contributed by atoms with van der Waals surface area (Å²) < 4.78 is 14.0. The molecule has 3 aromatic rings. The maximum Gasteiger partial charge on any atom is 0.212 e. The maximum atomic E-state index is 6.19. The molecule has 0 amide bonds. The fourth-order valence-corrected chi connectivity index (χ4v) is 4.78. The number of pyridine rings is 1. The topological polar surface area (TPSA) is 103 Å². The zero-order valence-corrected chi connectivity index (χ0v) is 17.3. The molecular weight excluding hydrogens is 394 g/mol. The molecule has 0 saturated carbocycles. The van der Waals surface area contributed by atoms with Crippen LogP contribution < -0.4 is 20.5 Å². The number of ether oxygens (including phenoxy) is 2.